The molecule has 29 heavy (non-hydrogen) atoms. The van der Waals surface area contributed by atoms with Crippen LogP contribution < -0.4 is 0 Å². The minimum atomic E-state index is -0.475. The Hall–Kier alpha value is -2.44. The molecule has 0 saturated carbocycles. The lowest BCUT2D eigenvalue weighted by Crippen LogP contribution is -2.56. The molecule has 156 valence electrons. The number of aliphatic hydroxyl groups excluding tert-OH is 1. The van der Waals surface area contributed by atoms with Gasteiger partial charge in [-0.05, 0) is 42.0 Å². The van der Waals surface area contributed by atoms with Crippen molar-refractivity contribution >= 4 is 22.7 Å². The lowest BCUT2D eigenvalue weighted by Gasteiger charge is -2.51. The van der Waals surface area contributed by atoms with Crippen molar-refractivity contribution in [2.45, 2.75) is 45.4 Å². The first kappa shape index (κ1) is 19.9. The molecule has 0 aliphatic carbocycles. The molecule has 3 N–H and O–H groups in total. The second-order valence-electron chi connectivity index (χ2n) is 8.40. The summed E-state index contributed by atoms with van der Waals surface area (Å²) in [7, 11) is 0. The standard InChI is InChI=1S/C23H30N4O2.H2/c1-17(24)29-22(25)26-14-11-23(12-15-26)10-5-13-27(21(23)28)16-19-8-4-7-18-6-2-3-9-20(18)19;/h2-4,6-9,21,24-25,28H,5,10-16H2,1H3;1H. The van der Waals surface area contributed by atoms with Gasteiger partial charge < -0.3 is 14.7 Å². The third-order valence-corrected chi connectivity index (χ3v) is 6.56. The molecule has 1 unspecified atom stereocenters. The maximum Gasteiger partial charge on any atom is 0.291 e. The second-order valence-corrected chi connectivity index (χ2v) is 8.40. The predicted molar refractivity (Wildman–Crippen MR) is 117 cm³/mol. The number of hydrogen-bond donors (Lipinski definition) is 3. The first-order chi connectivity index (χ1) is 14.0. The molecule has 2 fully saturated rings. The van der Waals surface area contributed by atoms with E-state index in [1.54, 1.807) is 0 Å². The van der Waals surface area contributed by atoms with Crippen molar-refractivity contribution < 1.29 is 11.3 Å². The number of aliphatic hydroxyl groups is 1. The Morgan fingerprint density at radius 3 is 2.59 bits per heavy atom. The van der Waals surface area contributed by atoms with Crippen LogP contribution in [0.5, 0.6) is 0 Å². The lowest BCUT2D eigenvalue weighted by molar-refractivity contribution is -0.143. The van der Waals surface area contributed by atoms with Gasteiger partial charge in [0.25, 0.3) is 6.02 Å². The van der Waals surface area contributed by atoms with Gasteiger partial charge in [0, 0.05) is 39.9 Å². The Morgan fingerprint density at radius 1 is 1.10 bits per heavy atom. The van der Waals surface area contributed by atoms with Crippen LogP contribution in [0.15, 0.2) is 42.5 Å². The molecule has 0 aromatic heterocycles. The molecular formula is C23H32N4O2. The summed E-state index contributed by atoms with van der Waals surface area (Å²) >= 11 is 0. The highest BCUT2D eigenvalue weighted by Gasteiger charge is 2.46. The molecule has 0 amide bonds. The van der Waals surface area contributed by atoms with Crippen LogP contribution in [-0.2, 0) is 11.3 Å². The first-order valence-corrected chi connectivity index (χ1v) is 10.4. The van der Waals surface area contributed by atoms with Crippen LogP contribution in [0, 0.1) is 16.2 Å². The van der Waals surface area contributed by atoms with Gasteiger partial charge in [-0.25, -0.2) is 0 Å². The molecule has 0 bridgehead atoms. The van der Waals surface area contributed by atoms with Crippen molar-refractivity contribution in [1.82, 2.24) is 9.80 Å². The van der Waals surface area contributed by atoms with Gasteiger partial charge in [-0.15, -0.1) is 0 Å². The highest BCUT2D eigenvalue weighted by atomic mass is 16.5. The number of amidine groups is 1. The van der Waals surface area contributed by atoms with Gasteiger partial charge in [0.2, 0.25) is 0 Å². The topological polar surface area (TPSA) is 83.6 Å². The highest BCUT2D eigenvalue weighted by molar-refractivity contribution is 5.86. The average molecular weight is 397 g/mol. The van der Waals surface area contributed by atoms with E-state index < -0.39 is 6.23 Å². The maximum absolute atomic E-state index is 11.3. The van der Waals surface area contributed by atoms with Gasteiger partial charge in [0.05, 0.1) is 0 Å². The van der Waals surface area contributed by atoms with E-state index in [2.05, 4.69) is 47.4 Å². The zero-order valence-corrected chi connectivity index (χ0v) is 17.0. The van der Waals surface area contributed by atoms with E-state index in [4.69, 9.17) is 15.6 Å². The molecule has 1 atom stereocenters. The molecule has 6 nitrogen and oxygen atoms in total. The predicted octanol–water partition coefficient (Wildman–Crippen LogP) is 4.03. The minimum absolute atomic E-state index is 0. The van der Waals surface area contributed by atoms with Crippen LogP contribution in [0.1, 0.15) is 39.6 Å². The van der Waals surface area contributed by atoms with Crippen LogP contribution >= 0.6 is 0 Å². The highest BCUT2D eigenvalue weighted by Crippen LogP contribution is 2.44. The van der Waals surface area contributed by atoms with Crippen LogP contribution in [0.4, 0.5) is 0 Å². The molecule has 2 saturated heterocycles. The van der Waals surface area contributed by atoms with Crippen LogP contribution in [0.2, 0.25) is 0 Å². The van der Waals surface area contributed by atoms with E-state index in [1.807, 2.05) is 4.90 Å². The average Bonchev–Trinajstić information content (AvgIpc) is 2.72. The summed E-state index contributed by atoms with van der Waals surface area (Å²) in [6, 6.07) is 14.9. The van der Waals surface area contributed by atoms with Crippen molar-refractivity contribution in [1.29, 1.82) is 10.8 Å². The van der Waals surface area contributed by atoms with Crippen molar-refractivity contribution in [2.24, 2.45) is 5.41 Å². The Bertz CT molecular complexity index is 906. The van der Waals surface area contributed by atoms with Crippen LogP contribution in [0.3, 0.4) is 0 Å². The smallest absolute Gasteiger partial charge is 0.291 e. The molecule has 2 aromatic rings. The Kier molecular flexibility index (Phi) is 5.56. The van der Waals surface area contributed by atoms with E-state index in [1.165, 1.54) is 23.3 Å². The summed E-state index contributed by atoms with van der Waals surface area (Å²) in [4.78, 5) is 4.10. The van der Waals surface area contributed by atoms with Gasteiger partial charge in [0.1, 0.15) is 6.23 Å². The van der Waals surface area contributed by atoms with Crippen molar-refractivity contribution in [2.75, 3.05) is 19.6 Å². The lowest BCUT2D eigenvalue weighted by atomic mass is 9.70. The maximum atomic E-state index is 11.3. The fourth-order valence-corrected chi connectivity index (χ4v) is 4.96. The number of rotatable bonds is 2. The van der Waals surface area contributed by atoms with Gasteiger partial charge in [-0.3, -0.25) is 15.7 Å². The Labute approximate surface area is 173 Å². The number of likely N-dealkylation sites (tertiary alicyclic amines) is 2. The zero-order chi connectivity index (χ0) is 20.4. The fraction of sp³-hybridized carbons (Fsp3) is 0.478. The summed E-state index contributed by atoms with van der Waals surface area (Å²) in [5.74, 6) is 0.0363. The third kappa shape index (κ3) is 4.00. The largest absolute Gasteiger partial charge is 0.412 e. The Balaban J connectivity index is 0.00000256. The van der Waals surface area contributed by atoms with Gasteiger partial charge in [-0.1, -0.05) is 42.5 Å². The van der Waals surface area contributed by atoms with E-state index in [0.717, 1.165) is 38.8 Å². The summed E-state index contributed by atoms with van der Waals surface area (Å²) in [5, 5.41) is 29.3. The van der Waals surface area contributed by atoms with Crippen molar-refractivity contribution in [3.63, 3.8) is 0 Å². The summed E-state index contributed by atoms with van der Waals surface area (Å²) < 4.78 is 5.15. The van der Waals surface area contributed by atoms with Crippen molar-refractivity contribution in [3.05, 3.63) is 48.0 Å². The summed E-state index contributed by atoms with van der Waals surface area (Å²) in [6.45, 7) is 4.56. The molecule has 2 heterocycles. The van der Waals surface area contributed by atoms with Gasteiger partial charge in [0.15, 0.2) is 5.90 Å². The number of nitrogens with one attached hydrogen (secondary N) is 2. The van der Waals surface area contributed by atoms with Crippen LogP contribution in [-0.4, -0.2) is 52.7 Å². The molecule has 1 spiro atoms. The molecule has 0 radical (unpaired) electrons. The first-order valence-electron chi connectivity index (χ1n) is 10.4. The number of benzene rings is 2. The number of nitrogens with zero attached hydrogens (tertiary/aromatic N) is 2. The summed E-state index contributed by atoms with van der Waals surface area (Å²) in [5.41, 5.74) is 1.13. The molecule has 6 heteroatoms. The van der Waals surface area contributed by atoms with E-state index in [9.17, 15) is 5.11 Å². The van der Waals surface area contributed by atoms with Gasteiger partial charge in [-0.2, -0.15) is 0 Å². The third-order valence-electron chi connectivity index (χ3n) is 6.56. The molecule has 2 aliphatic rings. The monoisotopic (exact) mass is 396 g/mol. The van der Waals surface area contributed by atoms with E-state index in [-0.39, 0.29) is 18.8 Å². The molecule has 2 aliphatic heterocycles. The number of ether oxygens (including phenoxy) is 1. The van der Waals surface area contributed by atoms with Crippen molar-refractivity contribution in [3.8, 4) is 0 Å². The summed E-state index contributed by atoms with van der Waals surface area (Å²) in [6.07, 6.45) is 3.30. The SMILES string of the molecule is CC(=N)OC(=N)N1CCC2(CCCN(Cc3cccc4ccccc34)C2O)CC1.[HH]. The zero-order valence-electron chi connectivity index (χ0n) is 17.0. The number of piperidine rings is 2. The van der Waals surface area contributed by atoms with E-state index >= 15 is 0 Å². The number of fused-ring (bicyclic) bond motifs is 1. The quantitative estimate of drug-likeness (QED) is 0.529. The van der Waals surface area contributed by atoms with Crippen LogP contribution in [0.25, 0.3) is 10.8 Å². The molecule has 2 aromatic carbocycles. The fourth-order valence-electron chi connectivity index (χ4n) is 4.96. The minimum Gasteiger partial charge on any atom is -0.412 e. The Morgan fingerprint density at radius 2 is 1.83 bits per heavy atom. The normalized spacial score (nSPS) is 22.0. The van der Waals surface area contributed by atoms with E-state index in [0.29, 0.717) is 13.1 Å². The second kappa shape index (κ2) is 8.13. The van der Waals surface area contributed by atoms with Gasteiger partial charge >= 0.3 is 0 Å². The molecule has 4 rings (SSSR count). The molecular weight excluding hydrogens is 364 g/mol. The number of hydrogen-bond acceptors (Lipinski definition) is 5.